The molecule has 0 unspecified atom stereocenters. The van der Waals surface area contributed by atoms with E-state index < -0.39 is 10.0 Å². The third-order valence-electron chi connectivity index (χ3n) is 2.56. The molecule has 0 fully saturated rings. The van der Waals surface area contributed by atoms with Crippen molar-refractivity contribution in [2.24, 2.45) is 0 Å². The lowest BCUT2D eigenvalue weighted by molar-refractivity contribution is 0.350. The fraction of sp³-hybridized carbons (Fsp3) is 0.214. The van der Waals surface area contributed by atoms with Gasteiger partial charge < -0.3 is 9.52 Å². The summed E-state index contributed by atoms with van der Waals surface area (Å²) >= 11 is 0. The first kappa shape index (κ1) is 15.3. The van der Waals surface area contributed by atoms with Crippen molar-refractivity contribution in [1.29, 1.82) is 0 Å². The quantitative estimate of drug-likeness (QED) is 0.815. The van der Waals surface area contributed by atoms with Gasteiger partial charge in [0.15, 0.2) is 0 Å². The smallest absolute Gasteiger partial charge is 0.241 e. The molecule has 0 saturated carbocycles. The van der Waals surface area contributed by atoms with Crippen molar-refractivity contribution < 1.29 is 17.9 Å². The van der Waals surface area contributed by atoms with Gasteiger partial charge in [0.2, 0.25) is 15.9 Å². The Hall–Kier alpha value is -2.14. The lowest BCUT2D eigenvalue weighted by atomic mass is 10.2. The van der Waals surface area contributed by atoms with E-state index in [1.165, 1.54) is 18.3 Å². The Labute approximate surface area is 122 Å². The number of sulfonamides is 1. The van der Waals surface area contributed by atoms with Gasteiger partial charge in [-0.25, -0.2) is 18.1 Å². The third-order valence-corrected chi connectivity index (χ3v) is 3.98. The van der Waals surface area contributed by atoms with E-state index in [0.717, 1.165) is 0 Å². The summed E-state index contributed by atoms with van der Waals surface area (Å²) in [5.41, 5.74) is 0.631. The molecular weight excluding hydrogens is 292 g/mol. The maximum absolute atomic E-state index is 12.1. The Morgan fingerprint density at radius 3 is 2.62 bits per heavy atom. The molecule has 0 aliphatic carbocycles. The molecule has 2 aromatic rings. The minimum Gasteiger partial charge on any atom is -0.445 e. The number of hydrogen-bond acceptors (Lipinski definition) is 5. The van der Waals surface area contributed by atoms with Gasteiger partial charge in [0.1, 0.15) is 12.4 Å². The molecule has 0 aliphatic rings. The normalized spacial score (nSPS) is 11.0. The van der Waals surface area contributed by atoms with Crippen LogP contribution in [0.2, 0.25) is 0 Å². The second-order valence-corrected chi connectivity index (χ2v) is 5.94. The number of aryl methyl sites for hydroxylation is 1. The predicted octanol–water partition coefficient (Wildman–Crippen LogP) is 0.805. The molecule has 0 saturated heterocycles. The SMILES string of the molecule is Cc1cnc(CNS(=O)(=O)c2ccc(C#CCO)cc2)o1. The molecule has 21 heavy (non-hydrogen) atoms. The number of hydrogen-bond donors (Lipinski definition) is 2. The summed E-state index contributed by atoms with van der Waals surface area (Å²) in [6.07, 6.45) is 1.53. The second kappa shape index (κ2) is 6.54. The molecule has 7 heteroatoms. The van der Waals surface area contributed by atoms with Crippen molar-refractivity contribution in [3.05, 3.63) is 47.7 Å². The van der Waals surface area contributed by atoms with Crippen molar-refractivity contribution in [2.75, 3.05) is 6.61 Å². The summed E-state index contributed by atoms with van der Waals surface area (Å²) in [6.45, 7) is 1.48. The third kappa shape index (κ3) is 4.16. The van der Waals surface area contributed by atoms with Crippen LogP contribution in [0.3, 0.4) is 0 Å². The Morgan fingerprint density at radius 1 is 1.33 bits per heavy atom. The highest BCUT2D eigenvalue weighted by atomic mass is 32.2. The molecule has 0 radical (unpaired) electrons. The lowest BCUT2D eigenvalue weighted by Gasteiger charge is -2.04. The van der Waals surface area contributed by atoms with E-state index in [0.29, 0.717) is 17.2 Å². The zero-order chi connectivity index (χ0) is 15.3. The van der Waals surface area contributed by atoms with Gasteiger partial charge in [-0.3, -0.25) is 0 Å². The highest BCUT2D eigenvalue weighted by molar-refractivity contribution is 7.89. The summed E-state index contributed by atoms with van der Waals surface area (Å²) < 4.78 is 31.8. The Bertz CT molecular complexity index is 767. The fourth-order valence-electron chi connectivity index (χ4n) is 1.58. The van der Waals surface area contributed by atoms with Crippen LogP contribution < -0.4 is 4.72 Å². The summed E-state index contributed by atoms with van der Waals surface area (Å²) in [4.78, 5) is 4.05. The summed E-state index contributed by atoms with van der Waals surface area (Å²) in [5.74, 6) is 6.11. The number of nitrogens with one attached hydrogen (secondary N) is 1. The molecule has 1 heterocycles. The topological polar surface area (TPSA) is 92.4 Å². The van der Waals surface area contributed by atoms with Gasteiger partial charge in [-0.2, -0.15) is 0 Å². The van der Waals surface area contributed by atoms with Crippen LogP contribution in [0.1, 0.15) is 17.2 Å². The Balaban J connectivity index is 2.08. The highest BCUT2D eigenvalue weighted by Gasteiger charge is 2.14. The van der Waals surface area contributed by atoms with E-state index in [4.69, 9.17) is 9.52 Å². The fourth-order valence-corrected chi connectivity index (χ4v) is 2.56. The lowest BCUT2D eigenvalue weighted by Crippen LogP contribution is -2.23. The van der Waals surface area contributed by atoms with Crippen molar-refractivity contribution in [3.8, 4) is 11.8 Å². The van der Waals surface area contributed by atoms with Gasteiger partial charge in [0.25, 0.3) is 0 Å². The van der Waals surface area contributed by atoms with E-state index in [2.05, 4.69) is 21.5 Å². The molecule has 0 aliphatic heterocycles. The number of aromatic nitrogens is 1. The van der Waals surface area contributed by atoms with Crippen LogP contribution in [-0.2, 0) is 16.6 Å². The van der Waals surface area contributed by atoms with Crippen molar-refractivity contribution in [2.45, 2.75) is 18.4 Å². The van der Waals surface area contributed by atoms with Crippen LogP contribution in [0.15, 0.2) is 39.8 Å². The average molecular weight is 306 g/mol. The standard InChI is InChI=1S/C14H14N2O4S/c1-11-9-15-14(20-11)10-16-21(18,19)13-6-4-12(5-7-13)3-2-8-17/h4-7,9,16-17H,8,10H2,1H3. The molecule has 1 aromatic heterocycles. The van der Waals surface area contributed by atoms with E-state index in [-0.39, 0.29) is 18.0 Å². The van der Waals surface area contributed by atoms with Crippen molar-refractivity contribution >= 4 is 10.0 Å². The van der Waals surface area contributed by atoms with Crippen LogP contribution in [0, 0.1) is 18.8 Å². The summed E-state index contributed by atoms with van der Waals surface area (Å²) in [7, 11) is -3.63. The summed E-state index contributed by atoms with van der Waals surface area (Å²) in [6, 6.07) is 6.05. The minimum absolute atomic E-state index is 0.0117. The van der Waals surface area contributed by atoms with Crippen LogP contribution in [0.5, 0.6) is 0 Å². The van der Waals surface area contributed by atoms with Crippen molar-refractivity contribution in [3.63, 3.8) is 0 Å². The van der Waals surface area contributed by atoms with Crippen LogP contribution >= 0.6 is 0 Å². The maximum atomic E-state index is 12.1. The first-order chi connectivity index (χ1) is 10.0. The number of rotatable bonds is 4. The molecule has 0 amide bonds. The molecule has 6 nitrogen and oxygen atoms in total. The van der Waals surface area contributed by atoms with Gasteiger partial charge in [-0.15, -0.1) is 0 Å². The number of oxazole rings is 1. The predicted molar refractivity (Wildman–Crippen MR) is 75.7 cm³/mol. The molecule has 1 aromatic carbocycles. The second-order valence-electron chi connectivity index (χ2n) is 4.17. The van der Waals surface area contributed by atoms with Gasteiger partial charge in [-0.1, -0.05) is 11.8 Å². The maximum Gasteiger partial charge on any atom is 0.241 e. The van der Waals surface area contributed by atoms with Crippen molar-refractivity contribution in [1.82, 2.24) is 9.71 Å². The van der Waals surface area contributed by atoms with Gasteiger partial charge in [0, 0.05) is 5.56 Å². The van der Waals surface area contributed by atoms with Crippen LogP contribution in [0.25, 0.3) is 0 Å². The highest BCUT2D eigenvalue weighted by Crippen LogP contribution is 2.11. The van der Waals surface area contributed by atoms with Gasteiger partial charge in [-0.05, 0) is 31.2 Å². The zero-order valence-corrected chi connectivity index (χ0v) is 12.1. The van der Waals surface area contributed by atoms with Crippen LogP contribution in [0.4, 0.5) is 0 Å². The first-order valence-corrected chi connectivity index (χ1v) is 7.60. The Kier molecular flexibility index (Phi) is 4.75. The Morgan fingerprint density at radius 2 is 2.05 bits per heavy atom. The molecule has 2 rings (SSSR count). The molecule has 0 spiro atoms. The molecule has 110 valence electrons. The zero-order valence-electron chi connectivity index (χ0n) is 11.3. The van der Waals surface area contributed by atoms with Crippen LogP contribution in [-0.4, -0.2) is 25.1 Å². The monoisotopic (exact) mass is 306 g/mol. The number of nitrogens with zero attached hydrogens (tertiary/aromatic N) is 1. The molecule has 0 bridgehead atoms. The first-order valence-electron chi connectivity index (χ1n) is 6.12. The van der Waals surface area contributed by atoms with Gasteiger partial charge >= 0.3 is 0 Å². The minimum atomic E-state index is -3.63. The molecule has 0 atom stereocenters. The van der Waals surface area contributed by atoms with E-state index in [9.17, 15) is 8.42 Å². The summed E-state index contributed by atoms with van der Waals surface area (Å²) in [5, 5.41) is 8.60. The largest absolute Gasteiger partial charge is 0.445 e. The average Bonchev–Trinajstić information content (AvgIpc) is 2.89. The molecular formula is C14H14N2O4S. The van der Waals surface area contributed by atoms with Gasteiger partial charge in [0.05, 0.1) is 17.6 Å². The number of aliphatic hydroxyl groups excluding tert-OH is 1. The molecule has 2 N–H and O–H groups in total. The number of benzene rings is 1. The van der Waals surface area contributed by atoms with E-state index in [1.54, 1.807) is 19.1 Å². The van der Waals surface area contributed by atoms with E-state index >= 15 is 0 Å². The van der Waals surface area contributed by atoms with E-state index in [1.807, 2.05) is 0 Å². The number of aliphatic hydroxyl groups is 1.